The molecule has 6 rings (SSSR count). The minimum absolute atomic E-state index is 0.115. The SMILES string of the molecule is CC1CCC(Cn2c(C(C)(O)c3ccccc3F)nc3cc(-c4noc(=O)[nH]4)nc(-c4cncc(Cl)c4)c32)CC1. The lowest BCUT2D eigenvalue weighted by Gasteiger charge is -2.30. The van der Waals surface area contributed by atoms with Crippen LogP contribution in [-0.4, -0.2) is 34.8 Å². The third-order valence-electron chi connectivity index (χ3n) is 7.80. The number of hydrogen-bond acceptors (Lipinski definition) is 7. The molecule has 1 aliphatic carbocycles. The van der Waals surface area contributed by atoms with E-state index in [-0.39, 0.29) is 17.2 Å². The Morgan fingerprint density at radius 1 is 1.18 bits per heavy atom. The van der Waals surface area contributed by atoms with Crippen molar-refractivity contribution >= 4 is 22.6 Å². The van der Waals surface area contributed by atoms with Crippen molar-refractivity contribution in [2.75, 3.05) is 0 Å². The van der Waals surface area contributed by atoms with E-state index in [1.165, 1.54) is 12.3 Å². The number of hydrogen-bond donors (Lipinski definition) is 2. The van der Waals surface area contributed by atoms with Crippen molar-refractivity contribution in [3.05, 3.63) is 81.6 Å². The van der Waals surface area contributed by atoms with Crippen LogP contribution >= 0.6 is 11.6 Å². The number of rotatable bonds is 6. The second-order valence-corrected chi connectivity index (χ2v) is 11.2. The van der Waals surface area contributed by atoms with Gasteiger partial charge in [-0.25, -0.2) is 19.2 Å². The summed E-state index contributed by atoms with van der Waals surface area (Å²) >= 11 is 6.32. The van der Waals surface area contributed by atoms with E-state index >= 15 is 4.39 Å². The topological polar surface area (TPSA) is 123 Å². The average Bonchev–Trinajstić information content (AvgIpc) is 3.53. The zero-order valence-electron chi connectivity index (χ0n) is 22.1. The highest BCUT2D eigenvalue weighted by Crippen LogP contribution is 2.39. The molecule has 4 heterocycles. The number of fused-ring (bicyclic) bond motifs is 1. The number of nitrogens with zero attached hydrogens (tertiary/aromatic N) is 5. The van der Waals surface area contributed by atoms with E-state index in [1.807, 2.05) is 4.57 Å². The van der Waals surface area contributed by atoms with Crippen molar-refractivity contribution in [2.45, 2.75) is 51.7 Å². The summed E-state index contributed by atoms with van der Waals surface area (Å²) in [5.74, 6) is 0.162. The van der Waals surface area contributed by atoms with E-state index in [9.17, 15) is 9.90 Å². The highest BCUT2D eigenvalue weighted by atomic mass is 35.5. The third-order valence-corrected chi connectivity index (χ3v) is 8.00. The van der Waals surface area contributed by atoms with E-state index in [1.54, 1.807) is 43.5 Å². The fraction of sp³-hybridized carbons (Fsp3) is 0.345. The second kappa shape index (κ2) is 10.3. The Morgan fingerprint density at radius 3 is 2.65 bits per heavy atom. The van der Waals surface area contributed by atoms with E-state index in [2.05, 4.69) is 22.0 Å². The van der Waals surface area contributed by atoms with E-state index in [4.69, 9.17) is 26.1 Å². The van der Waals surface area contributed by atoms with Crippen molar-refractivity contribution in [2.24, 2.45) is 11.8 Å². The molecule has 1 aromatic carbocycles. The number of aliphatic hydroxyl groups is 1. The van der Waals surface area contributed by atoms with Gasteiger partial charge < -0.3 is 9.67 Å². The van der Waals surface area contributed by atoms with Gasteiger partial charge in [-0.1, -0.05) is 54.7 Å². The maximum Gasteiger partial charge on any atom is 0.439 e. The zero-order valence-corrected chi connectivity index (χ0v) is 22.8. The quantitative estimate of drug-likeness (QED) is 0.272. The molecule has 9 nitrogen and oxygen atoms in total. The van der Waals surface area contributed by atoms with Crippen LogP contribution in [0.2, 0.25) is 5.02 Å². The Morgan fingerprint density at radius 2 is 1.95 bits per heavy atom. The summed E-state index contributed by atoms with van der Waals surface area (Å²) in [4.78, 5) is 28.2. The number of benzene rings is 1. The molecule has 1 saturated carbocycles. The standard InChI is InChI=1S/C29H28ClFN6O3/c1-16-7-9-17(10-8-16)15-37-25-22(34-27(37)29(2,39)20-5-3-4-6-21(20)31)12-23(26-35-28(38)40-36-26)33-24(25)18-11-19(30)14-32-13-18/h3-6,11-14,16-17,39H,7-10,15H2,1-2H3,(H,35,36,38). The lowest BCUT2D eigenvalue weighted by molar-refractivity contribution is 0.0826. The minimum atomic E-state index is -1.77. The molecule has 5 aromatic rings. The molecule has 0 amide bonds. The van der Waals surface area contributed by atoms with Gasteiger partial charge in [-0.05, 0) is 49.8 Å². The highest BCUT2D eigenvalue weighted by Gasteiger charge is 2.36. The Labute approximate surface area is 234 Å². The monoisotopic (exact) mass is 562 g/mol. The number of aromatic nitrogens is 6. The van der Waals surface area contributed by atoms with Crippen molar-refractivity contribution in [3.8, 4) is 22.8 Å². The molecule has 206 valence electrons. The second-order valence-electron chi connectivity index (χ2n) is 10.8. The largest absolute Gasteiger partial charge is 0.439 e. The lowest BCUT2D eigenvalue weighted by atomic mass is 9.83. The molecule has 0 saturated heterocycles. The van der Waals surface area contributed by atoms with E-state index < -0.39 is 17.2 Å². The molecule has 0 bridgehead atoms. The van der Waals surface area contributed by atoms with Crippen LogP contribution < -0.4 is 5.76 Å². The maximum absolute atomic E-state index is 15.1. The van der Waals surface area contributed by atoms with Crippen LogP contribution in [0.15, 0.2) is 58.1 Å². The third kappa shape index (κ3) is 4.82. The van der Waals surface area contributed by atoms with E-state index in [0.717, 1.165) is 25.7 Å². The molecular weight excluding hydrogens is 535 g/mol. The summed E-state index contributed by atoms with van der Waals surface area (Å²) in [6.07, 6.45) is 7.45. The van der Waals surface area contributed by atoms with Gasteiger partial charge in [-0.15, -0.1) is 0 Å². The van der Waals surface area contributed by atoms with Gasteiger partial charge in [-0.2, -0.15) is 0 Å². The van der Waals surface area contributed by atoms with Crippen LogP contribution in [-0.2, 0) is 12.1 Å². The molecule has 0 radical (unpaired) electrons. The van der Waals surface area contributed by atoms with Gasteiger partial charge in [0.25, 0.3) is 0 Å². The molecule has 0 spiro atoms. The summed E-state index contributed by atoms with van der Waals surface area (Å²) in [5, 5.41) is 16.2. The molecule has 4 aromatic heterocycles. The Kier molecular flexibility index (Phi) is 6.75. The van der Waals surface area contributed by atoms with Crippen LogP contribution in [0.4, 0.5) is 4.39 Å². The highest BCUT2D eigenvalue weighted by molar-refractivity contribution is 6.30. The number of imidazole rings is 1. The van der Waals surface area contributed by atoms with Crippen LogP contribution in [0.25, 0.3) is 33.8 Å². The minimum Gasteiger partial charge on any atom is -0.377 e. The average molecular weight is 563 g/mol. The molecule has 1 unspecified atom stereocenters. The summed E-state index contributed by atoms with van der Waals surface area (Å²) in [6, 6.07) is 9.56. The smallest absolute Gasteiger partial charge is 0.377 e. The van der Waals surface area contributed by atoms with Gasteiger partial charge in [0.15, 0.2) is 0 Å². The zero-order chi connectivity index (χ0) is 28.0. The summed E-state index contributed by atoms with van der Waals surface area (Å²) < 4.78 is 21.7. The molecule has 1 atom stereocenters. The van der Waals surface area contributed by atoms with E-state index in [0.29, 0.717) is 51.4 Å². The van der Waals surface area contributed by atoms with Crippen LogP contribution in [0.3, 0.4) is 0 Å². The maximum atomic E-state index is 15.1. The van der Waals surface area contributed by atoms with Crippen LogP contribution in [0.1, 0.15) is 50.9 Å². The predicted octanol–water partition coefficient (Wildman–Crippen LogP) is 5.71. The predicted molar refractivity (Wildman–Crippen MR) is 148 cm³/mol. The number of H-pyrrole nitrogens is 1. The summed E-state index contributed by atoms with van der Waals surface area (Å²) in [7, 11) is 0. The molecule has 11 heteroatoms. The van der Waals surface area contributed by atoms with Crippen LogP contribution in [0.5, 0.6) is 0 Å². The lowest BCUT2D eigenvalue weighted by Crippen LogP contribution is -2.30. The molecule has 2 N–H and O–H groups in total. The van der Waals surface area contributed by atoms with Crippen molar-refractivity contribution < 1.29 is 14.0 Å². The fourth-order valence-corrected chi connectivity index (χ4v) is 5.83. The first kappa shape index (κ1) is 26.3. The Bertz CT molecular complexity index is 1750. The Balaban J connectivity index is 1.64. The van der Waals surface area contributed by atoms with Crippen molar-refractivity contribution in [1.29, 1.82) is 0 Å². The van der Waals surface area contributed by atoms with Gasteiger partial charge in [0.1, 0.15) is 22.9 Å². The number of nitrogens with one attached hydrogen (secondary N) is 1. The normalized spacial score (nSPS) is 19.1. The number of halogens is 2. The molecular formula is C29H28ClFN6O3. The first-order valence-electron chi connectivity index (χ1n) is 13.3. The summed E-state index contributed by atoms with van der Waals surface area (Å²) in [5.41, 5.74) is 0.881. The first-order valence-corrected chi connectivity index (χ1v) is 13.6. The summed E-state index contributed by atoms with van der Waals surface area (Å²) in [6.45, 7) is 4.38. The van der Waals surface area contributed by atoms with Gasteiger partial charge in [0.05, 0.1) is 21.7 Å². The first-order chi connectivity index (χ1) is 19.2. The van der Waals surface area contributed by atoms with Gasteiger partial charge in [0, 0.05) is 30.1 Å². The molecule has 40 heavy (non-hydrogen) atoms. The van der Waals surface area contributed by atoms with Crippen molar-refractivity contribution in [1.82, 2.24) is 29.7 Å². The Hall–Kier alpha value is -3.89. The van der Waals surface area contributed by atoms with Gasteiger partial charge in [0.2, 0.25) is 5.82 Å². The van der Waals surface area contributed by atoms with Crippen LogP contribution in [0, 0.1) is 17.7 Å². The van der Waals surface area contributed by atoms with Crippen molar-refractivity contribution in [3.63, 3.8) is 0 Å². The molecule has 1 fully saturated rings. The van der Waals surface area contributed by atoms with Gasteiger partial charge in [-0.3, -0.25) is 14.5 Å². The number of aromatic amines is 1. The van der Waals surface area contributed by atoms with Gasteiger partial charge >= 0.3 is 5.76 Å². The number of pyridine rings is 2. The molecule has 0 aliphatic heterocycles. The fourth-order valence-electron chi connectivity index (χ4n) is 5.66. The molecule has 1 aliphatic rings.